The molecule has 1 aromatic carbocycles. The van der Waals surface area contributed by atoms with Crippen LogP contribution in [0.15, 0.2) is 18.2 Å². The van der Waals surface area contributed by atoms with E-state index < -0.39 is 24.4 Å². The molecule has 2 saturated carbocycles. The summed E-state index contributed by atoms with van der Waals surface area (Å²) in [6, 6.07) is 3.91. The standard InChI is InChI=1S/C21H23ClF4N2O5/c22-16-2-1-13(5-17(16)23)31-8-18(29)27-12-6-20(7-12)10-28(11-20)19(30)9-32-14-3-15(4-14)33-21(24,25)26/h1-2,5,12,14-15H,3-4,6-11H2,(H,27,29). The molecule has 3 aliphatic rings. The number of nitrogens with zero attached hydrogens (tertiary/aromatic N) is 1. The third-order valence-electron chi connectivity index (χ3n) is 6.18. The average molecular weight is 495 g/mol. The van der Waals surface area contributed by atoms with Crippen LogP contribution in [-0.2, 0) is 19.1 Å². The van der Waals surface area contributed by atoms with Crippen LogP contribution in [0.3, 0.4) is 0 Å². The lowest BCUT2D eigenvalue weighted by Gasteiger charge is -2.59. The first-order chi connectivity index (χ1) is 15.5. The highest BCUT2D eigenvalue weighted by Crippen LogP contribution is 2.48. The molecule has 1 aromatic rings. The molecule has 1 aliphatic heterocycles. The number of hydrogen-bond donors (Lipinski definition) is 1. The molecular formula is C21H23ClF4N2O5. The van der Waals surface area contributed by atoms with E-state index in [-0.39, 0.29) is 60.1 Å². The molecule has 0 radical (unpaired) electrons. The summed E-state index contributed by atoms with van der Waals surface area (Å²) in [5.74, 6) is -0.939. The largest absolute Gasteiger partial charge is 0.522 e. The van der Waals surface area contributed by atoms with E-state index in [1.165, 1.54) is 12.1 Å². The highest BCUT2D eigenvalue weighted by molar-refractivity contribution is 6.30. The van der Waals surface area contributed by atoms with Crippen LogP contribution in [0.4, 0.5) is 17.6 Å². The minimum Gasteiger partial charge on any atom is -0.484 e. The first-order valence-corrected chi connectivity index (χ1v) is 10.9. The Morgan fingerprint density at radius 1 is 1.15 bits per heavy atom. The second-order valence-electron chi connectivity index (χ2n) is 8.88. The molecule has 1 spiro atoms. The fourth-order valence-corrected chi connectivity index (χ4v) is 4.61. The molecule has 1 N–H and O–H groups in total. The van der Waals surface area contributed by atoms with E-state index in [1.54, 1.807) is 4.90 Å². The summed E-state index contributed by atoms with van der Waals surface area (Å²) in [5, 5.41) is 2.82. The second kappa shape index (κ2) is 9.27. The molecular weight excluding hydrogens is 472 g/mol. The summed E-state index contributed by atoms with van der Waals surface area (Å²) in [6.07, 6.45) is -4.25. The van der Waals surface area contributed by atoms with Gasteiger partial charge in [0, 0.05) is 43.5 Å². The van der Waals surface area contributed by atoms with Crippen molar-refractivity contribution < 1.29 is 41.4 Å². The Kier molecular flexibility index (Phi) is 6.75. The van der Waals surface area contributed by atoms with Gasteiger partial charge in [0.15, 0.2) is 6.61 Å². The Labute approximate surface area is 192 Å². The maximum atomic E-state index is 13.4. The molecule has 2 amide bonds. The Morgan fingerprint density at radius 2 is 1.85 bits per heavy atom. The van der Waals surface area contributed by atoms with E-state index in [0.29, 0.717) is 13.1 Å². The number of halogens is 5. The van der Waals surface area contributed by atoms with Crippen molar-refractivity contribution in [2.75, 3.05) is 26.3 Å². The van der Waals surface area contributed by atoms with Gasteiger partial charge in [0.05, 0.1) is 17.2 Å². The molecule has 3 fully saturated rings. The van der Waals surface area contributed by atoms with Crippen molar-refractivity contribution in [3.8, 4) is 5.75 Å². The first kappa shape index (κ1) is 24.0. The Balaban J connectivity index is 1.07. The minimum atomic E-state index is -4.65. The topological polar surface area (TPSA) is 77.1 Å². The van der Waals surface area contributed by atoms with Crippen LogP contribution in [0.1, 0.15) is 25.7 Å². The molecule has 1 heterocycles. The molecule has 4 rings (SSSR count). The third-order valence-corrected chi connectivity index (χ3v) is 6.49. The lowest BCUT2D eigenvalue weighted by molar-refractivity contribution is -0.357. The highest BCUT2D eigenvalue weighted by Gasteiger charge is 2.54. The molecule has 0 unspecified atom stereocenters. The van der Waals surface area contributed by atoms with E-state index in [2.05, 4.69) is 10.1 Å². The summed E-state index contributed by atoms with van der Waals surface area (Å²) in [5.41, 5.74) is -0.0180. The zero-order valence-electron chi connectivity index (χ0n) is 17.5. The number of alkyl halides is 3. The van der Waals surface area contributed by atoms with Crippen LogP contribution in [0.25, 0.3) is 0 Å². The molecule has 33 heavy (non-hydrogen) atoms. The third kappa shape index (κ3) is 6.07. The number of carbonyl (C=O) groups excluding carboxylic acids is 2. The highest BCUT2D eigenvalue weighted by atomic mass is 35.5. The van der Waals surface area contributed by atoms with Crippen LogP contribution < -0.4 is 10.1 Å². The number of amides is 2. The molecule has 0 bridgehead atoms. The molecule has 1 saturated heterocycles. The number of carbonyl (C=O) groups is 2. The normalized spacial score (nSPS) is 24.0. The van der Waals surface area contributed by atoms with Crippen molar-refractivity contribution in [3.63, 3.8) is 0 Å². The van der Waals surface area contributed by atoms with Crippen LogP contribution in [0.2, 0.25) is 5.02 Å². The van der Waals surface area contributed by atoms with Gasteiger partial charge in [0.1, 0.15) is 18.2 Å². The van der Waals surface area contributed by atoms with Crippen molar-refractivity contribution in [3.05, 3.63) is 29.0 Å². The molecule has 2 aliphatic carbocycles. The van der Waals surface area contributed by atoms with Gasteiger partial charge in [-0.3, -0.25) is 14.3 Å². The SMILES string of the molecule is O=C(COc1ccc(Cl)c(F)c1)NC1CC2(C1)CN(C(=O)COC1CC(OC(F)(F)F)C1)C2. The minimum absolute atomic E-state index is 0.0166. The predicted octanol–water partition coefficient (Wildman–Crippen LogP) is 3.05. The monoisotopic (exact) mass is 494 g/mol. The smallest absolute Gasteiger partial charge is 0.484 e. The van der Waals surface area contributed by atoms with Crippen molar-refractivity contribution in [1.82, 2.24) is 10.2 Å². The predicted molar refractivity (Wildman–Crippen MR) is 107 cm³/mol. The van der Waals surface area contributed by atoms with E-state index in [9.17, 15) is 27.2 Å². The number of benzene rings is 1. The molecule has 0 atom stereocenters. The van der Waals surface area contributed by atoms with Gasteiger partial charge in [0.2, 0.25) is 5.91 Å². The van der Waals surface area contributed by atoms with Gasteiger partial charge in [-0.2, -0.15) is 0 Å². The molecule has 7 nitrogen and oxygen atoms in total. The number of likely N-dealkylation sites (tertiary alicyclic amines) is 1. The van der Waals surface area contributed by atoms with Gasteiger partial charge in [0.25, 0.3) is 5.91 Å². The number of nitrogens with one attached hydrogen (secondary N) is 1. The Bertz CT molecular complexity index is 895. The lowest BCUT2D eigenvalue weighted by atomic mass is 9.60. The quantitative estimate of drug-likeness (QED) is 0.562. The van der Waals surface area contributed by atoms with E-state index in [1.807, 2.05) is 0 Å². The fourth-order valence-electron chi connectivity index (χ4n) is 4.49. The Hall–Kier alpha value is -2.11. The molecule has 182 valence electrons. The summed E-state index contributed by atoms with van der Waals surface area (Å²) >= 11 is 5.60. The fraction of sp³-hybridized carbons (Fsp3) is 0.619. The van der Waals surface area contributed by atoms with Gasteiger partial charge in [-0.15, -0.1) is 13.2 Å². The molecule has 0 aromatic heterocycles. The number of hydrogen-bond acceptors (Lipinski definition) is 5. The number of ether oxygens (including phenoxy) is 3. The maximum absolute atomic E-state index is 13.4. The molecule has 12 heteroatoms. The van der Waals surface area contributed by atoms with Gasteiger partial charge >= 0.3 is 6.36 Å². The van der Waals surface area contributed by atoms with Crippen molar-refractivity contribution >= 4 is 23.4 Å². The summed E-state index contributed by atoms with van der Waals surface area (Å²) in [7, 11) is 0. The lowest BCUT2D eigenvalue weighted by Crippen LogP contribution is -2.68. The van der Waals surface area contributed by atoms with Gasteiger partial charge in [-0.05, 0) is 25.0 Å². The maximum Gasteiger partial charge on any atom is 0.522 e. The zero-order chi connectivity index (χ0) is 23.8. The van der Waals surface area contributed by atoms with Crippen LogP contribution in [0.5, 0.6) is 5.75 Å². The zero-order valence-corrected chi connectivity index (χ0v) is 18.3. The van der Waals surface area contributed by atoms with E-state index >= 15 is 0 Å². The van der Waals surface area contributed by atoms with Gasteiger partial charge in [-0.1, -0.05) is 11.6 Å². The van der Waals surface area contributed by atoms with Crippen LogP contribution >= 0.6 is 11.6 Å². The van der Waals surface area contributed by atoms with Crippen molar-refractivity contribution in [2.45, 2.75) is 50.3 Å². The van der Waals surface area contributed by atoms with Gasteiger partial charge < -0.3 is 19.7 Å². The summed E-state index contributed by atoms with van der Waals surface area (Å²) in [6.45, 7) is 0.712. The summed E-state index contributed by atoms with van der Waals surface area (Å²) < 4.78 is 64.2. The van der Waals surface area contributed by atoms with Crippen molar-refractivity contribution in [1.29, 1.82) is 0 Å². The van der Waals surface area contributed by atoms with E-state index in [4.69, 9.17) is 21.1 Å². The average Bonchev–Trinajstić information content (AvgIpc) is 2.64. The first-order valence-electron chi connectivity index (χ1n) is 10.5. The summed E-state index contributed by atoms with van der Waals surface area (Å²) in [4.78, 5) is 25.9. The second-order valence-corrected chi connectivity index (χ2v) is 9.28. The van der Waals surface area contributed by atoms with Gasteiger partial charge in [-0.25, -0.2) is 4.39 Å². The van der Waals surface area contributed by atoms with Crippen LogP contribution in [-0.4, -0.2) is 67.6 Å². The number of rotatable bonds is 8. The van der Waals surface area contributed by atoms with Crippen molar-refractivity contribution in [2.24, 2.45) is 5.41 Å². The van der Waals surface area contributed by atoms with E-state index in [0.717, 1.165) is 18.9 Å². The van der Waals surface area contributed by atoms with Crippen LogP contribution in [0, 0.1) is 11.2 Å². The Morgan fingerprint density at radius 3 is 2.48 bits per heavy atom.